The van der Waals surface area contributed by atoms with E-state index in [9.17, 15) is 0 Å². The number of nitrogens with zero attached hydrogens (tertiary/aromatic N) is 3. The number of halogens is 3. The minimum absolute atomic E-state index is 0.144. The Morgan fingerprint density at radius 3 is 2.94 bits per heavy atom. The molecule has 0 N–H and O–H groups in total. The molecule has 0 saturated carbocycles. The minimum Gasteiger partial charge on any atom is -0.419 e. The van der Waals surface area contributed by atoms with Crippen molar-refractivity contribution in [2.75, 3.05) is 0 Å². The van der Waals surface area contributed by atoms with E-state index in [-0.39, 0.29) is 5.28 Å². The van der Waals surface area contributed by atoms with Crippen molar-refractivity contribution >= 4 is 50.1 Å². The normalized spacial score (nSPS) is 10.2. The fourth-order valence-corrected chi connectivity index (χ4v) is 1.75. The number of ether oxygens (including phenoxy) is 1. The van der Waals surface area contributed by atoms with Crippen LogP contribution in [0.15, 0.2) is 29.0 Å². The van der Waals surface area contributed by atoms with Crippen LogP contribution >= 0.6 is 50.1 Å². The second kappa shape index (κ2) is 5.24. The van der Waals surface area contributed by atoms with E-state index < -0.39 is 0 Å². The first-order valence-electron chi connectivity index (χ1n) is 4.12. The van der Waals surface area contributed by atoms with Crippen molar-refractivity contribution in [2.45, 2.75) is 0 Å². The van der Waals surface area contributed by atoms with Crippen LogP contribution in [-0.4, -0.2) is 15.0 Å². The standard InChI is InChI=1S/C9H4BrClIN3O/c10-5-1-2-13-7(3-5)16-8-6(12)4-14-9(11)15-8/h1-4H. The highest BCUT2D eigenvalue weighted by molar-refractivity contribution is 14.1. The van der Waals surface area contributed by atoms with Crippen LogP contribution in [0.4, 0.5) is 0 Å². The number of pyridine rings is 1. The summed E-state index contributed by atoms with van der Waals surface area (Å²) in [5.41, 5.74) is 0. The molecule has 0 unspecified atom stereocenters. The lowest BCUT2D eigenvalue weighted by molar-refractivity contribution is 0.439. The fourth-order valence-electron chi connectivity index (χ4n) is 0.943. The molecule has 0 radical (unpaired) electrons. The van der Waals surface area contributed by atoms with E-state index in [2.05, 4.69) is 53.5 Å². The smallest absolute Gasteiger partial charge is 0.239 e. The maximum absolute atomic E-state index is 5.68. The molecule has 2 rings (SSSR count). The molecule has 0 spiro atoms. The third kappa shape index (κ3) is 3.02. The largest absolute Gasteiger partial charge is 0.419 e. The highest BCUT2D eigenvalue weighted by Gasteiger charge is 2.07. The Bertz CT molecular complexity index is 526. The molecule has 0 fully saturated rings. The van der Waals surface area contributed by atoms with Gasteiger partial charge in [0.1, 0.15) is 0 Å². The molecule has 0 atom stereocenters. The van der Waals surface area contributed by atoms with Gasteiger partial charge in [0, 0.05) is 22.9 Å². The highest BCUT2D eigenvalue weighted by atomic mass is 127. The predicted molar refractivity (Wildman–Crippen MR) is 71.8 cm³/mol. The van der Waals surface area contributed by atoms with E-state index >= 15 is 0 Å². The number of rotatable bonds is 2. The van der Waals surface area contributed by atoms with Crippen molar-refractivity contribution in [1.29, 1.82) is 0 Å². The molecule has 0 aliphatic carbocycles. The van der Waals surface area contributed by atoms with Crippen molar-refractivity contribution in [2.24, 2.45) is 0 Å². The van der Waals surface area contributed by atoms with E-state index in [4.69, 9.17) is 16.3 Å². The molecule has 0 bridgehead atoms. The summed E-state index contributed by atoms with van der Waals surface area (Å²) in [4.78, 5) is 11.8. The molecule has 2 heterocycles. The van der Waals surface area contributed by atoms with Crippen LogP contribution in [0.2, 0.25) is 5.28 Å². The lowest BCUT2D eigenvalue weighted by atomic mass is 10.5. The Morgan fingerprint density at radius 2 is 2.19 bits per heavy atom. The molecule has 2 aromatic heterocycles. The zero-order valence-electron chi connectivity index (χ0n) is 7.69. The van der Waals surface area contributed by atoms with Gasteiger partial charge in [-0.05, 0) is 40.3 Å². The van der Waals surface area contributed by atoms with Gasteiger partial charge in [-0.3, -0.25) is 0 Å². The maximum atomic E-state index is 5.68. The van der Waals surface area contributed by atoms with Gasteiger partial charge in [0.2, 0.25) is 17.0 Å². The van der Waals surface area contributed by atoms with Crippen molar-refractivity contribution in [3.63, 3.8) is 0 Å². The SMILES string of the molecule is Clc1ncc(I)c(Oc2cc(Br)ccn2)n1. The van der Waals surface area contributed by atoms with Crippen molar-refractivity contribution in [3.05, 3.63) is 37.9 Å². The highest BCUT2D eigenvalue weighted by Crippen LogP contribution is 2.25. The topological polar surface area (TPSA) is 47.9 Å². The monoisotopic (exact) mass is 411 g/mol. The molecule has 0 amide bonds. The summed E-state index contributed by atoms with van der Waals surface area (Å²) in [6.45, 7) is 0. The first kappa shape index (κ1) is 12.0. The van der Waals surface area contributed by atoms with Gasteiger partial charge >= 0.3 is 0 Å². The van der Waals surface area contributed by atoms with Gasteiger partial charge in [-0.15, -0.1) is 0 Å². The van der Waals surface area contributed by atoms with E-state index in [1.165, 1.54) is 0 Å². The Kier molecular flexibility index (Phi) is 3.93. The van der Waals surface area contributed by atoms with Crippen molar-refractivity contribution in [1.82, 2.24) is 15.0 Å². The first-order valence-corrected chi connectivity index (χ1v) is 6.37. The molecule has 16 heavy (non-hydrogen) atoms. The summed E-state index contributed by atoms with van der Waals surface area (Å²) in [6.07, 6.45) is 3.22. The molecule has 82 valence electrons. The van der Waals surface area contributed by atoms with E-state index in [0.717, 1.165) is 8.04 Å². The Morgan fingerprint density at radius 1 is 1.38 bits per heavy atom. The third-order valence-corrected chi connectivity index (χ3v) is 3.00. The van der Waals surface area contributed by atoms with Gasteiger partial charge in [-0.2, -0.15) is 4.98 Å². The lowest BCUT2D eigenvalue weighted by Crippen LogP contribution is -1.94. The average Bonchev–Trinajstić information content (AvgIpc) is 2.24. The lowest BCUT2D eigenvalue weighted by Gasteiger charge is -2.05. The molecule has 0 aliphatic heterocycles. The summed E-state index contributed by atoms with van der Waals surface area (Å²) in [7, 11) is 0. The number of hydrogen-bond donors (Lipinski definition) is 0. The van der Waals surface area contributed by atoms with Gasteiger partial charge in [0.05, 0.1) is 3.57 Å². The minimum atomic E-state index is 0.144. The van der Waals surface area contributed by atoms with E-state index in [1.54, 1.807) is 18.5 Å². The fraction of sp³-hybridized carbons (Fsp3) is 0. The molecular weight excluding hydrogens is 408 g/mol. The van der Waals surface area contributed by atoms with Crippen molar-refractivity contribution < 1.29 is 4.74 Å². The number of aromatic nitrogens is 3. The van der Waals surface area contributed by atoms with Crippen LogP contribution in [0.3, 0.4) is 0 Å². The summed E-state index contributed by atoms with van der Waals surface area (Å²) in [5, 5.41) is 0.144. The predicted octanol–water partition coefficient (Wildman–Crippen LogP) is 3.68. The second-order valence-corrected chi connectivity index (χ2v) is 5.12. The summed E-state index contributed by atoms with van der Waals surface area (Å²) in [6, 6.07) is 3.55. The Balaban J connectivity index is 2.30. The molecule has 0 aromatic carbocycles. The van der Waals surface area contributed by atoms with Crippen LogP contribution in [0.1, 0.15) is 0 Å². The van der Waals surface area contributed by atoms with Crippen LogP contribution in [-0.2, 0) is 0 Å². The van der Waals surface area contributed by atoms with Gasteiger partial charge in [0.15, 0.2) is 0 Å². The van der Waals surface area contributed by atoms with E-state index in [1.807, 2.05) is 6.07 Å². The molecule has 7 heteroatoms. The van der Waals surface area contributed by atoms with E-state index in [0.29, 0.717) is 11.8 Å². The Labute approximate surface area is 119 Å². The average molecular weight is 412 g/mol. The maximum Gasteiger partial charge on any atom is 0.239 e. The molecule has 4 nitrogen and oxygen atoms in total. The van der Waals surface area contributed by atoms with Crippen LogP contribution in [0, 0.1) is 3.57 Å². The molecule has 2 aromatic rings. The van der Waals surface area contributed by atoms with Crippen LogP contribution in [0.5, 0.6) is 11.8 Å². The van der Waals surface area contributed by atoms with Crippen molar-refractivity contribution in [3.8, 4) is 11.8 Å². The zero-order chi connectivity index (χ0) is 11.5. The van der Waals surface area contributed by atoms with Gasteiger partial charge in [-0.1, -0.05) is 15.9 Å². The van der Waals surface area contributed by atoms with Crippen LogP contribution in [0.25, 0.3) is 0 Å². The molecular formula is C9H4BrClIN3O. The quantitative estimate of drug-likeness (QED) is 0.558. The van der Waals surface area contributed by atoms with Crippen LogP contribution < -0.4 is 4.74 Å². The number of hydrogen-bond acceptors (Lipinski definition) is 4. The summed E-state index contributed by atoms with van der Waals surface area (Å²) >= 11 is 11.1. The zero-order valence-corrected chi connectivity index (χ0v) is 12.2. The first-order chi connectivity index (χ1) is 7.65. The molecule has 0 aliphatic rings. The second-order valence-electron chi connectivity index (χ2n) is 2.71. The van der Waals surface area contributed by atoms with Gasteiger partial charge in [-0.25, -0.2) is 9.97 Å². The summed E-state index contributed by atoms with van der Waals surface area (Å²) < 4.78 is 7.14. The van der Waals surface area contributed by atoms with Gasteiger partial charge in [0.25, 0.3) is 0 Å². The third-order valence-electron chi connectivity index (χ3n) is 1.58. The van der Waals surface area contributed by atoms with Gasteiger partial charge < -0.3 is 4.74 Å². The Hall–Kier alpha value is -0.470. The summed E-state index contributed by atoms with van der Waals surface area (Å²) in [5.74, 6) is 0.841. The molecule has 0 saturated heterocycles.